The van der Waals surface area contributed by atoms with Crippen LogP contribution in [0.1, 0.15) is 5.56 Å². The van der Waals surface area contributed by atoms with Crippen molar-refractivity contribution in [1.29, 1.82) is 0 Å². The topological polar surface area (TPSA) is 85.7 Å². The molecule has 136 valence electrons. The van der Waals surface area contributed by atoms with Gasteiger partial charge in [0.05, 0.1) is 19.1 Å². The van der Waals surface area contributed by atoms with Crippen LogP contribution in [0.2, 0.25) is 0 Å². The van der Waals surface area contributed by atoms with Crippen LogP contribution in [0.15, 0.2) is 42.5 Å². The van der Waals surface area contributed by atoms with Crippen LogP contribution in [0.5, 0.6) is 11.5 Å². The fourth-order valence-corrected chi connectivity index (χ4v) is 2.22. The van der Waals surface area contributed by atoms with E-state index in [1.54, 1.807) is 26.4 Å². The first-order valence-corrected chi connectivity index (χ1v) is 7.54. The van der Waals surface area contributed by atoms with E-state index in [2.05, 4.69) is 10.6 Å². The number of nitrogens with one attached hydrogen (secondary N) is 2. The summed E-state index contributed by atoms with van der Waals surface area (Å²) in [6, 6.07) is 12.1. The number of rotatable bonds is 9. The summed E-state index contributed by atoms with van der Waals surface area (Å²) in [7, 11) is 3.25. The molecule has 0 amide bonds. The van der Waals surface area contributed by atoms with E-state index in [9.17, 15) is 10.1 Å². The Morgan fingerprint density at radius 1 is 1.04 bits per heavy atom. The minimum absolute atomic E-state index is 0. The predicted molar refractivity (Wildman–Crippen MR) is 100 cm³/mol. The molecule has 0 aliphatic heterocycles. The molecule has 0 aliphatic rings. The lowest BCUT2D eigenvalue weighted by Crippen LogP contribution is -2.22. The molecule has 0 unspecified atom stereocenters. The van der Waals surface area contributed by atoms with Crippen LogP contribution in [-0.2, 0) is 6.54 Å². The zero-order chi connectivity index (χ0) is 17.4. The lowest BCUT2D eigenvalue weighted by atomic mass is 10.2. The Balaban J connectivity index is 0.00000312. The highest BCUT2D eigenvalue weighted by Gasteiger charge is 2.05. The van der Waals surface area contributed by atoms with Crippen molar-refractivity contribution in [1.82, 2.24) is 5.32 Å². The molecular formula is C17H22ClN3O4. The van der Waals surface area contributed by atoms with E-state index in [0.29, 0.717) is 13.1 Å². The molecule has 8 heteroatoms. The molecule has 0 radical (unpaired) electrons. The Hall–Kier alpha value is -2.51. The zero-order valence-electron chi connectivity index (χ0n) is 14.2. The average Bonchev–Trinajstić information content (AvgIpc) is 2.61. The third-order valence-corrected chi connectivity index (χ3v) is 3.52. The van der Waals surface area contributed by atoms with E-state index in [1.807, 2.05) is 18.2 Å². The van der Waals surface area contributed by atoms with Crippen LogP contribution in [0, 0.1) is 10.1 Å². The quantitative estimate of drug-likeness (QED) is 0.402. The third-order valence-electron chi connectivity index (χ3n) is 3.52. The number of benzene rings is 2. The Labute approximate surface area is 152 Å². The van der Waals surface area contributed by atoms with Crippen molar-refractivity contribution in [3.05, 3.63) is 58.1 Å². The number of nitrogens with zero attached hydrogens (tertiary/aromatic N) is 1. The van der Waals surface area contributed by atoms with Crippen molar-refractivity contribution in [2.75, 3.05) is 32.6 Å². The largest absolute Gasteiger partial charge is 0.497 e. The first kappa shape index (κ1) is 20.5. The van der Waals surface area contributed by atoms with Crippen molar-refractivity contribution >= 4 is 23.8 Å². The van der Waals surface area contributed by atoms with E-state index in [0.717, 1.165) is 29.3 Å². The summed E-state index contributed by atoms with van der Waals surface area (Å²) in [6.07, 6.45) is 0. The molecule has 2 aromatic rings. The normalized spacial score (nSPS) is 9.84. The number of hydrogen-bond acceptors (Lipinski definition) is 6. The molecule has 0 heterocycles. The van der Waals surface area contributed by atoms with Crippen LogP contribution >= 0.6 is 12.4 Å². The number of nitro benzene ring substituents is 1. The van der Waals surface area contributed by atoms with Gasteiger partial charge < -0.3 is 20.1 Å². The second-order valence-electron chi connectivity index (χ2n) is 5.09. The summed E-state index contributed by atoms with van der Waals surface area (Å²) in [5.41, 5.74) is 1.99. The number of hydrogen-bond donors (Lipinski definition) is 2. The molecule has 0 saturated heterocycles. The van der Waals surface area contributed by atoms with Gasteiger partial charge in [0.25, 0.3) is 5.69 Å². The number of halogens is 1. The molecule has 0 fully saturated rings. The van der Waals surface area contributed by atoms with Crippen molar-refractivity contribution < 1.29 is 14.4 Å². The van der Waals surface area contributed by atoms with Gasteiger partial charge in [0, 0.05) is 49.1 Å². The second kappa shape index (κ2) is 10.4. The Morgan fingerprint density at radius 3 is 2.36 bits per heavy atom. The monoisotopic (exact) mass is 367 g/mol. The molecule has 7 nitrogen and oxygen atoms in total. The summed E-state index contributed by atoms with van der Waals surface area (Å²) >= 11 is 0. The Morgan fingerprint density at radius 2 is 1.76 bits per heavy atom. The molecule has 0 spiro atoms. The number of anilines is 1. The molecule has 0 aliphatic carbocycles. The molecule has 2 rings (SSSR count). The minimum Gasteiger partial charge on any atom is -0.497 e. The van der Waals surface area contributed by atoms with Crippen LogP contribution in [0.4, 0.5) is 11.4 Å². The lowest BCUT2D eigenvalue weighted by molar-refractivity contribution is -0.384. The standard InChI is InChI=1S/C17H21N3O4.ClH/c1-23-16-8-3-13(17(11-16)24-2)12-18-9-10-19-14-4-6-15(7-5-14)20(21)22;/h3-8,11,18-19H,9-10,12H2,1-2H3;1H. The first-order chi connectivity index (χ1) is 11.6. The van der Waals surface area contributed by atoms with Gasteiger partial charge in [0.15, 0.2) is 0 Å². The maximum Gasteiger partial charge on any atom is 0.269 e. The van der Waals surface area contributed by atoms with Crippen LogP contribution in [0.3, 0.4) is 0 Å². The summed E-state index contributed by atoms with van der Waals surface area (Å²) in [6.45, 7) is 2.12. The van der Waals surface area contributed by atoms with Gasteiger partial charge in [-0.2, -0.15) is 0 Å². The molecule has 0 saturated carbocycles. The predicted octanol–water partition coefficient (Wildman–Crippen LogP) is 3.24. The molecule has 2 N–H and O–H groups in total. The van der Waals surface area contributed by atoms with Gasteiger partial charge in [0.2, 0.25) is 0 Å². The SMILES string of the molecule is COc1ccc(CNCCNc2ccc([N+](=O)[O-])cc2)c(OC)c1.Cl. The van der Waals surface area contributed by atoms with Crippen LogP contribution in [-0.4, -0.2) is 32.2 Å². The van der Waals surface area contributed by atoms with Gasteiger partial charge in [0.1, 0.15) is 11.5 Å². The Bertz CT molecular complexity index is 680. The maximum atomic E-state index is 10.6. The number of ether oxygens (including phenoxy) is 2. The van der Waals surface area contributed by atoms with Gasteiger partial charge in [-0.15, -0.1) is 12.4 Å². The summed E-state index contributed by atoms with van der Waals surface area (Å²) in [4.78, 5) is 10.2. The third kappa shape index (κ3) is 6.13. The van der Waals surface area contributed by atoms with Crippen molar-refractivity contribution in [3.63, 3.8) is 0 Å². The first-order valence-electron chi connectivity index (χ1n) is 7.54. The van der Waals surface area contributed by atoms with Gasteiger partial charge in [-0.05, 0) is 18.2 Å². The summed E-state index contributed by atoms with van der Waals surface area (Å²) in [5, 5.41) is 17.1. The molecule has 0 atom stereocenters. The zero-order valence-corrected chi connectivity index (χ0v) is 15.0. The molecule has 0 aromatic heterocycles. The van der Waals surface area contributed by atoms with E-state index in [1.165, 1.54) is 12.1 Å². The molecule has 2 aromatic carbocycles. The Kier molecular flexibility index (Phi) is 8.52. The number of nitro groups is 1. The highest BCUT2D eigenvalue weighted by molar-refractivity contribution is 5.85. The molecule has 0 bridgehead atoms. The van der Waals surface area contributed by atoms with Crippen LogP contribution in [0.25, 0.3) is 0 Å². The van der Waals surface area contributed by atoms with E-state index >= 15 is 0 Å². The van der Waals surface area contributed by atoms with Gasteiger partial charge in [-0.1, -0.05) is 6.07 Å². The number of methoxy groups -OCH3 is 2. The molecular weight excluding hydrogens is 346 g/mol. The fourth-order valence-electron chi connectivity index (χ4n) is 2.22. The highest BCUT2D eigenvalue weighted by Crippen LogP contribution is 2.24. The highest BCUT2D eigenvalue weighted by atomic mass is 35.5. The molecule has 25 heavy (non-hydrogen) atoms. The van der Waals surface area contributed by atoms with E-state index in [-0.39, 0.29) is 18.1 Å². The fraction of sp³-hybridized carbons (Fsp3) is 0.294. The minimum atomic E-state index is -0.409. The van der Waals surface area contributed by atoms with Crippen molar-refractivity contribution in [2.24, 2.45) is 0 Å². The lowest BCUT2D eigenvalue weighted by Gasteiger charge is -2.12. The van der Waals surface area contributed by atoms with E-state index < -0.39 is 4.92 Å². The summed E-state index contributed by atoms with van der Waals surface area (Å²) in [5.74, 6) is 1.54. The van der Waals surface area contributed by atoms with Gasteiger partial charge in [-0.25, -0.2) is 0 Å². The van der Waals surface area contributed by atoms with Gasteiger partial charge in [-0.3, -0.25) is 10.1 Å². The number of non-ortho nitro benzene ring substituents is 1. The summed E-state index contributed by atoms with van der Waals surface area (Å²) < 4.78 is 10.5. The van der Waals surface area contributed by atoms with Crippen LogP contribution < -0.4 is 20.1 Å². The average molecular weight is 368 g/mol. The van der Waals surface area contributed by atoms with Crippen molar-refractivity contribution in [2.45, 2.75) is 6.54 Å². The van der Waals surface area contributed by atoms with E-state index in [4.69, 9.17) is 9.47 Å². The maximum absolute atomic E-state index is 10.6. The van der Waals surface area contributed by atoms with Gasteiger partial charge >= 0.3 is 0 Å². The second-order valence-corrected chi connectivity index (χ2v) is 5.09. The smallest absolute Gasteiger partial charge is 0.269 e. The van der Waals surface area contributed by atoms with Crippen molar-refractivity contribution in [3.8, 4) is 11.5 Å².